The normalized spacial score (nSPS) is 10.8. The number of aryl methyl sites for hydroxylation is 3. The molecule has 2 heterocycles. The second kappa shape index (κ2) is 9.17. The maximum atomic E-state index is 12.1. The Labute approximate surface area is 174 Å². The minimum absolute atomic E-state index is 0.0763. The molecule has 1 N–H and O–H groups in total. The number of carbonyl (C=O) groups excluding carboxylic acids is 1. The van der Waals surface area contributed by atoms with Crippen LogP contribution in [-0.4, -0.2) is 21.0 Å². The predicted octanol–water partition coefficient (Wildman–Crippen LogP) is 3.68. The molecule has 152 valence electrons. The van der Waals surface area contributed by atoms with Crippen LogP contribution in [0.25, 0.3) is 11.3 Å². The number of aromatic nitrogens is 3. The van der Waals surface area contributed by atoms with Crippen LogP contribution in [0, 0.1) is 6.92 Å². The van der Waals surface area contributed by atoms with Gasteiger partial charge in [-0.3, -0.25) is 4.79 Å². The summed E-state index contributed by atoms with van der Waals surface area (Å²) in [5, 5.41) is 6.74. The van der Waals surface area contributed by atoms with Crippen molar-refractivity contribution in [3.63, 3.8) is 0 Å². The number of carbonyl (C=O) groups is 1. The first-order valence-corrected chi connectivity index (χ1v) is 9.79. The van der Waals surface area contributed by atoms with E-state index in [9.17, 15) is 4.79 Å². The molecule has 30 heavy (non-hydrogen) atoms. The van der Waals surface area contributed by atoms with Crippen molar-refractivity contribution in [1.29, 1.82) is 0 Å². The zero-order chi connectivity index (χ0) is 20.8. The van der Waals surface area contributed by atoms with Gasteiger partial charge in [0.2, 0.25) is 11.8 Å². The van der Waals surface area contributed by atoms with Gasteiger partial charge in [0.25, 0.3) is 0 Å². The topological polar surface area (TPSA) is 94.1 Å². The van der Waals surface area contributed by atoms with Crippen LogP contribution < -0.4 is 5.32 Å². The van der Waals surface area contributed by atoms with E-state index in [1.165, 1.54) is 5.56 Å². The lowest BCUT2D eigenvalue weighted by Gasteiger charge is -2.03. The monoisotopic (exact) mass is 402 g/mol. The summed E-state index contributed by atoms with van der Waals surface area (Å²) in [7, 11) is 0. The number of hydrogen-bond acceptors (Lipinski definition) is 6. The van der Waals surface area contributed by atoms with Crippen molar-refractivity contribution in [3.8, 4) is 11.3 Å². The van der Waals surface area contributed by atoms with E-state index >= 15 is 0 Å². The van der Waals surface area contributed by atoms with Gasteiger partial charge in [-0.05, 0) is 12.5 Å². The van der Waals surface area contributed by atoms with E-state index in [1.807, 2.05) is 61.5 Å². The first-order chi connectivity index (χ1) is 14.7. The summed E-state index contributed by atoms with van der Waals surface area (Å²) in [5.41, 5.74) is 3.22. The molecule has 0 fully saturated rings. The fraction of sp³-hybridized carbons (Fsp3) is 0.217. The Bertz CT molecular complexity index is 1100. The summed E-state index contributed by atoms with van der Waals surface area (Å²) < 4.78 is 11.1. The van der Waals surface area contributed by atoms with Gasteiger partial charge in [-0.25, -0.2) is 4.98 Å². The van der Waals surface area contributed by atoms with Crippen LogP contribution in [0.2, 0.25) is 0 Å². The van der Waals surface area contributed by atoms with Crippen LogP contribution in [0.5, 0.6) is 0 Å². The maximum absolute atomic E-state index is 12.1. The van der Waals surface area contributed by atoms with Crippen LogP contribution >= 0.6 is 0 Å². The van der Waals surface area contributed by atoms with E-state index < -0.39 is 0 Å². The van der Waals surface area contributed by atoms with Gasteiger partial charge < -0.3 is 14.3 Å². The van der Waals surface area contributed by atoms with Crippen LogP contribution in [0.15, 0.2) is 69.7 Å². The zero-order valence-electron chi connectivity index (χ0n) is 16.7. The molecule has 0 radical (unpaired) electrons. The van der Waals surface area contributed by atoms with Crippen LogP contribution in [0.3, 0.4) is 0 Å². The van der Waals surface area contributed by atoms with Gasteiger partial charge >= 0.3 is 0 Å². The van der Waals surface area contributed by atoms with E-state index in [0.29, 0.717) is 37.0 Å². The summed E-state index contributed by atoms with van der Waals surface area (Å²) in [4.78, 5) is 20.7. The summed E-state index contributed by atoms with van der Waals surface area (Å²) in [6.45, 7) is 2.51. The number of amides is 1. The molecule has 7 heteroatoms. The number of nitrogens with zero attached hydrogens (tertiary/aromatic N) is 3. The van der Waals surface area contributed by atoms with E-state index in [-0.39, 0.29) is 12.3 Å². The molecule has 0 aliphatic carbocycles. The Balaban J connectivity index is 1.26. The van der Waals surface area contributed by atoms with Crippen molar-refractivity contribution in [1.82, 2.24) is 20.4 Å². The third-order valence-corrected chi connectivity index (χ3v) is 4.60. The Morgan fingerprint density at radius 3 is 2.57 bits per heavy atom. The molecule has 0 saturated heterocycles. The molecule has 0 spiro atoms. The maximum Gasteiger partial charge on any atom is 0.228 e. The molecule has 0 saturated carbocycles. The molecule has 4 aromatic rings. The Hall–Kier alpha value is -3.74. The molecule has 4 rings (SSSR count). The highest BCUT2D eigenvalue weighted by molar-refractivity contribution is 5.77. The van der Waals surface area contributed by atoms with E-state index in [1.54, 1.807) is 6.20 Å². The lowest BCUT2D eigenvalue weighted by Crippen LogP contribution is -2.24. The predicted molar refractivity (Wildman–Crippen MR) is 110 cm³/mol. The third-order valence-electron chi connectivity index (χ3n) is 4.60. The highest BCUT2D eigenvalue weighted by atomic mass is 16.5. The van der Waals surface area contributed by atoms with Gasteiger partial charge in [0, 0.05) is 24.9 Å². The molecule has 0 atom stereocenters. The average molecular weight is 402 g/mol. The van der Waals surface area contributed by atoms with Gasteiger partial charge in [0.05, 0.1) is 12.6 Å². The second-order valence-electron chi connectivity index (χ2n) is 7.03. The van der Waals surface area contributed by atoms with Crippen molar-refractivity contribution >= 4 is 5.91 Å². The highest BCUT2D eigenvalue weighted by Gasteiger charge is 2.13. The highest BCUT2D eigenvalue weighted by Crippen LogP contribution is 2.21. The van der Waals surface area contributed by atoms with Crippen molar-refractivity contribution < 1.29 is 13.7 Å². The lowest BCUT2D eigenvalue weighted by atomic mass is 10.1. The van der Waals surface area contributed by atoms with Gasteiger partial charge in [-0.2, -0.15) is 4.98 Å². The third kappa shape index (κ3) is 5.20. The fourth-order valence-electron chi connectivity index (χ4n) is 2.96. The molecule has 2 aromatic heterocycles. The summed E-state index contributed by atoms with van der Waals surface area (Å²) in [6, 6.07) is 17.8. The SMILES string of the molecule is Cc1ccc(-c2cnc(CCc3nc(CC(=O)NCc4ccccc4)no3)o2)cc1. The van der Waals surface area contributed by atoms with Crippen LogP contribution in [0.4, 0.5) is 0 Å². The van der Waals surface area contributed by atoms with Crippen molar-refractivity contribution in [3.05, 3.63) is 89.5 Å². The molecule has 2 aromatic carbocycles. The first kappa shape index (κ1) is 19.6. The van der Waals surface area contributed by atoms with Gasteiger partial charge in [0.1, 0.15) is 0 Å². The molecular weight excluding hydrogens is 380 g/mol. The largest absolute Gasteiger partial charge is 0.441 e. The molecule has 0 bridgehead atoms. The fourth-order valence-corrected chi connectivity index (χ4v) is 2.96. The molecule has 0 unspecified atom stereocenters. The van der Waals surface area contributed by atoms with E-state index in [2.05, 4.69) is 20.4 Å². The average Bonchev–Trinajstić information content (AvgIpc) is 3.42. The molecule has 0 aliphatic rings. The molecular formula is C23H22N4O3. The number of hydrogen-bond donors (Lipinski definition) is 1. The standard InChI is InChI=1S/C23H22N4O3/c1-16-7-9-18(10-8-16)19-15-25-22(29-19)11-12-23-26-20(27-30-23)13-21(28)24-14-17-5-3-2-4-6-17/h2-10,15H,11-14H2,1H3,(H,24,28). The minimum Gasteiger partial charge on any atom is -0.441 e. The molecule has 7 nitrogen and oxygen atoms in total. The molecule has 0 aliphatic heterocycles. The number of benzene rings is 2. The molecule has 1 amide bonds. The number of oxazole rings is 1. The number of rotatable bonds is 8. The zero-order valence-corrected chi connectivity index (χ0v) is 16.7. The lowest BCUT2D eigenvalue weighted by molar-refractivity contribution is -0.120. The Morgan fingerprint density at radius 2 is 1.77 bits per heavy atom. The Morgan fingerprint density at radius 1 is 1.00 bits per heavy atom. The minimum atomic E-state index is -0.151. The van der Waals surface area contributed by atoms with Crippen molar-refractivity contribution in [2.75, 3.05) is 0 Å². The Kier molecular flexibility index (Phi) is 5.98. The van der Waals surface area contributed by atoms with Gasteiger partial charge in [0.15, 0.2) is 17.5 Å². The van der Waals surface area contributed by atoms with E-state index in [4.69, 9.17) is 8.94 Å². The van der Waals surface area contributed by atoms with Gasteiger partial charge in [-0.15, -0.1) is 0 Å². The first-order valence-electron chi connectivity index (χ1n) is 9.79. The summed E-state index contributed by atoms with van der Waals surface area (Å²) in [6.07, 6.45) is 2.82. The van der Waals surface area contributed by atoms with Gasteiger partial charge in [-0.1, -0.05) is 65.3 Å². The van der Waals surface area contributed by atoms with Crippen LogP contribution in [0.1, 0.15) is 28.7 Å². The van der Waals surface area contributed by atoms with Crippen molar-refractivity contribution in [2.45, 2.75) is 32.7 Å². The second-order valence-corrected chi connectivity index (χ2v) is 7.03. The summed E-state index contributed by atoms with van der Waals surface area (Å²) in [5.74, 6) is 2.00. The number of nitrogens with one attached hydrogen (secondary N) is 1. The smallest absolute Gasteiger partial charge is 0.228 e. The van der Waals surface area contributed by atoms with Crippen molar-refractivity contribution in [2.24, 2.45) is 0 Å². The van der Waals surface area contributed by atoms with E-state index in [0.717, 1.165) is 16.9 Å². The quantitative estimate of drug-likeness (QED) is 0.483. The summed E-state index contributed by atoms with van der Waals surface area (Å²) >= 11 is 0. The van der Waals surface area contributed by atoms with Crippen LogP contribution in [-0.2, 0) is 30.6 Å².